The molecule has 1 aromatic rings. The zero-order chi connectivity index (χ0) is 24.4. The first kappa shape index (κ1) is 30.3. The summed E-state index contributed by atoms with van der Waals surface area (Å²) in [7, 11) is 0. The molecule has 2 N–H and O–H groups in total. The van der Waals surface area contributed by atoms with Gasteiger partial charge in [0.2, 0.25) is 5.91 Å². The Morgan fingerprint density at radius 1 is 0.647 bits per heavy atom. The van der Waals surface area contributed by atoms with Crippen molar-refractivity contribution in [1.82, 2.24) is 10.3 Å². The first-order valence-electron chi connectivity index (χ1n) is 11.6. The summed E-state index contributed by atoms with van der Waals surface area (Å²) in [4.78, 5) is 15.7. The maximum Gasteiger partial charge on any atom is 0.224 e. The number of hydrogen-bond acceptors (Lipinski definition) is 10. The molecule has 0 aliphatic rings. The Balaban J connectivity index is 1.69. The molecule has 0 radical (unpaired) electrons. The highest BCUT2D eigenvalue weighted by atomic mass is 16.6. The molecular weight excluding hydrogens is 448 g/mol. The second kappa shape index (κ2) is 24.4. The van der Waals surface area contributed by atoms with Crippen molar-refractivity contribution in [3.8, 4) is 0 Å². The van der Waals surface area contributed by atoms with Crippen LogP contribution in [-0.4, -0.2) is 122 Å². The second-order valence-electron chi connectivity index (χ2n) is 6.89. The van der Waals surface area contributed by atoms with Crippen LogP contribution in [-0.2, 0) is 44.4 Å². The Labute approximate surface area is 202 Å². The summed E-state index contributed by atoms with van der Waals surface area (Å²) < 4.78 is 37.4. The number of nitrogens with zero attached hydrogens (tertiary/aromatic N) is 1. The summed E-state index contributed by atoms with van der Waals surface area (Å²) in [6, 6.07) is 3.64. The van der Waals surface area contributed by atoms with Gasteiger partial charge in [-0.05, 0) is 17.7 Å². The van der Waals surface area contributed by atoms with Crippen LogP contribution in [0.25, 0.3) is 0 Å². The van der Waals surface area contributed by atoms with Crippen molar-refractivity contribution in [2.24, 2.45) is 0 Å². The fourth-order valence-electron chi connectivity index (χ4n) is 2.50. The SMILES string of the molecule is O=C(Cc1ccncc1)NCCOCCOCCOCCOCCOCCOCCOCCO. The Bertz CT molecular complexity index is 567. The number of carbonyl (C=O) groups excluding carboxylic acids is 1. The maximum atomic E-state index is 11.8. The van der Waals surface area contributed by atoms with Crippen molar-refractivity contribution in [3.05, 3.63) is 30.1 Å². The zero-order valence-electron chi connectivity index (χ0n) is 20.0. The predicted octanol–water partition coefficient (Wildman–Crippen LogP) is -0.151. The highest BCUT2D eigenvalue weighted by Crippen LogP contribution is 1.96. The topological polar surface area (TPSA) is 127 Å². The predicted molar refractivity (Wildman–Crippen MR) is 124 cm³/mol. The average molecular weight is 489 g/mol. The van der Waals surface area contributed by atoms with Crippen molar-refractivity contribution in [1.29, 1.82) is 0 Å². The summed E-state index contributed by atoms with van der Waals surface area (Å²) in [5.74, 6) is -0.0395. The van der Waals surface area contributed by atoms with E-state index >= 15 is 0 Å². The van der Waals surface area contributed by atoms with Gasteiger partial charge in [-0.15, -0.1) is 0 Å². The lowest BCUT2D eigenvalue weighted by molar-refractivity contribution is -0.120. The number of aliphatic hydroxyl groups is 1. The van der Waals surface area contributed by atoms with Gasteiger partial charge in [0.15, 0.2) is 0 Å². The van der Waals surface area contributed by atoms with Crippen molar-refractivity contribution >= 4 is 5.91 Å². The molecule has 0 saturated carbocycles. The molecule has 1 aromatic heterocycles. The standard InChI is InChI=1S/C23H40N2O9/c26-6-8-29-10-12-31-14-16-33-18-20-34-19-17-32-15-13-30-11-9-28-7-5-25-23(27)21-22-1-3-24-4-2-22/h1-4,26H,5-21H2,(H,25,27). The molecule has 1 rings (SSSR count). The van der Waals surface area contributed by atoms with Gasteiger partial charge in [0.05, 0.1) is 106 Å². The van der Waals surface area contributed by atoms with E-state index in [0.717, 1.165) is 5.56 Å². The molecule has 196 valence electrons. The third-order valence-corrected chi connectivity index (χ3v) is 4.15. The van der Waals surface area contributed by atoms with E-state index in [2.05, 4.69) is 10.3 Å². The highest BCUT2D eigenvalue weighted by Gasteiger charge is 2.02. The number of pyridine rings is 1. The molecule has 0 fully saturated rings. The van der Waals surface area contributed by atoms with Crippen LogP contribution < -0.4 is 5.32 Å². The molecule has 11 nitrogen and oxygen atoms in total. The van der Waals surface area contributed by atoms with E-state index in [1.54, 1.807) is 12.4 Å². The lowest BCUT2D eigenvalue weighted by Crippen LogP contribution is -2.29. The molecule has 0 saturated heterocycles. The van der Waals surface area contributed by atoms with Crippen LogP contribution in [0.4, 0.5) is 0 Å². The molecule has 34 heavy (non-hydrogen) atoms. The Morgan fingerprint density at radius 3 is 1.44 bits per heavy atom. The van der Waals surface area contributed by atoms with Crippen molar-refractivity contribution in [2.45, 2.75) is 6.42 Å². The summed E-state index contributed by atoms with van der Waals surface area (Å²) in [6.07, 6.45) is 3.68. The number of amides is 1. The average Bonchev–Trinajstić information content (AvgIpc) is 2.85. The zero-order valence-corrected chi connectivity index (χ0v) is 20.0. The van der Waals surface area contributed by atoms with Gasteiger partial charge in [0.1, 0.15) is 0 Å². The maximum absolute atomic E-state index is 11.8. The van der Waals surface area contributed by atoms with Gasteiger partial charge in [-0.25, -0.2) is 0 Å². The van der Waals surface area contributed by atoms with Gasteiger partial charge in [-0.3, -0.25) is 9.78 Å². The fraction of sp³-hybridized carbons (Fsp3) is 0.739. The molecule has 0 spiro atoms. The number of ether oxygens (including phenoxy) is 7. The van der Waals surface area contributed by atoms with Crippen LogP contribution >= 0.6 is 0 Å². The fourth-order valence-corrected chi connectivity index (χ4v) is 2.50. The lowest BCUT2D eigenvalue weighted by atomic mass is 10.2. The van der Waals surface area contributed by atoms with Gasteiger partial charge in [0.25, 0.3) is 0 Å². The molecule has 0 aliphatic heterocycles. The van der Waals surface area contributed by atoms with Crippen molar-refractivity contribution < 1.29 is 43.1 Å². The normalized spacial score (nSPS) is 11.1. The van der Waals surface area contributed by atoms with Gasteiger partial charge in [0, 0.05) is 18.9 Å². The molecule has 0 bridgehead atoms. The minimum Gasteiger partial charge on any atom is -0.394 e. The van der Waals surface area contributed by atoms with E-state index in [1.165, 1.54) is 0 Å². The first-order chi connectivity index (χ1) is 16.8. The minimum absolute atomic E-state index is 0.0245. The second-order valence-corrected chi connectivity index (χ2v) is 6.89. The van der Waals surface area contributed by atoms with Crippen LogP contribution in [0.15, 0.2) is 24.5 Å². The van der Waals surface area contributed by atoms with E-state index in [1.807, 2.05) is 12.1 Å². The number of aromatic nitrogens is 1. The van der Waals surface area contributed by atoms with Gasteiger partial charge in [-0.2, -0.15) is 0 Å². The van der Waals surface area contributed by atoms with Crippen LogP contribution in [0.1, 0.15) is 5.56 Å². The summed E-state index contributed by atoms with van der Waals surface area (Å²) in [5.41, 5.74) is 0.931. The van der Waals surface area contributed by atoms with E-state index < -0.39 is 0 Å². The van der Waals surface area contributed by atoms with Crippen LogP contribution in [0.5, 0.6) is 0 Å². The van der Waals surface area contributed by atoms with E-state index in [0.29, 0.717) is 105 Å². The van der Waals surface area contributed by atoms with Crippen LogP contribution in [0, 0.1) is 0 Å². The van der Waals surface area contributed by atoms with Crippen molar-refractivity contribution in [3.63, 3.8) is 0 Å². The molecule has 11 heteroatoms. The monoisotopic (exact) mass is 488 g/mol. The molecule has 0 aliphatic carbocycles. The molecular formula is C23H40N2O9. The quantitative estimate of drug-likeness (QED) is 0.179. The largest absolute Gasteiger partial charge is 0.394 e. The molecule has 1 heterocycles. The number of carbonyl (C=O) groups is 1. The first-order valence-corrected chi connectivity index (χ1v) is 11.6. The smallest absolute Gasteiger partial charge is 0.224 e. The molecule has 0 aromatic carbocycles. The number of nitrogens with one attached hydrogen (secondary N) is 1. The summed E-state index contributed by atoms with van der Waals surface area (Å²) >= 11 is 0. The van der Waals surface area contributed by atoms with Crippen LogP contribution in [0.3, 0.4) is 0 Å². The van der Waals surface area contributed by atoms with E-state index in [-0.39, 0.29) is 12.5 Å². The summed E-state index contributed by atoms with van der Waals surface area (Å²) in [6.45, 7) is 7.14. The van der Waals surface area contributed by atoms with Crippen LogP contribution in [0.2, 0.25) is 0 Å². The third-order valence-electron chi connectivity index (χ3n) is 4.15. The number of aliphatic hydroxyl groups excluding tert-OH is 1. The van der Waals surface area contributed by atoms with E-state index in [4.69, 9.17) is 38.3 Å². The highest BCUT2D eigenvalue weighted by molar-refractivity contribution is 5.78. The van der Waals surface area contributed by atoms with E-state index in [9.17, 15) is 4.79 Å². The summed E-state index contributed by atoms with van der Waals surface area (Å²) in [5, 5.41) is 11.4. The Hall–Kier alpha value is -1.70. The molecule has 0 unspecified atom stereocenters. The van der Waals surface area contributed by atoms with Crippen molar-refractivity contribution in [2.75, 3.05) is 106 Å². The number of hydrogen-bond donors (Lipinski definition) is 2. The van der Waals surface area contributed by atoms with Gasteiger partial charge < -0.3 is 43.6 Å². The lowest BCUT2D eigenvalue weighted by Gasteiger charge is -2.09. The Morgan fingerprint density at radius 2 is 1.03 bits per heavy atom. The third kappa shape index (κ3) is 20.9. The van der Waals surface area contributed by atoms with Gasteiger partial charge >= 0.3 is 0 Å². The number of rotatable bonds is 25. The van der Waals surface area contributed by atoms with Gasteiger partial charge in [-0.1, -0.05) is 0 Å². The molecule has 0 atom stereocenters. The molecule has 1 amide bonds. The Kier molecular flexibility index (Phi) is 21.8. The minimum atomic E-state index is -0.0395.